The highest BCUT2D eigenvalue weighted by Crippen LogP contribution is 2.22. The summed E-state index contributed by atoms with van der Waals surface area (Å²) in [6.45, 7) is 7.02. The second-order valence-electron chi connectivity index (χ2n) is 8.95. The van der Waals surface area contributed by atoms with Gasteiger partial charge in [-0.05, 0) is 74.9 Å². The van der Waals surface area contributed by atoms with E-state index in [1.807, 2.05) is 66.3 Å². The highest BCUT2D eigenvalue weighted by Gasteiger charge is 2.29. The Morgan fingerprint density at radius 1 is 1.09 bits per heavy atom. The van der Waals surface area contributed by atoms with E-state index in [1.54, 1.807) is 18.4 Å². The molecule has 0 radical (unpaired) electrons. The number of ether oxygens (including phenoxy) is 1. The average Bonchev–Trinajstić information content (AvgIpc) is 3.45. The number of halogens is 1. The lowest BCUT2D eigenvalue weighted by atomic mass is 10.1. The van der Waals surface area contributed by atoms with Crippen LogP contribution in [-0.4, -0.2) is 31.4 Å². The Kier molecular flexibility index (Phi) is 7.28. The summed E-state index contributed by atoms with van der Waals surface area (Å²) in [6.07, 6.45) is 3.71. The molecule has 2 aromatic carbocycles. The van der Waals surface area contributed by atoms with E-state index in [9.17, 15) is 9.90 Å². The van der Waals surface area contributed by atoms with E-state index >= 15 is 0 Å². The van der Waals surface area contributed by atoms with Crippen LogP contribution < -0.4 is 4.74 Å². The number of hydrogen-bond donors (Lipinski definition) is 1. The zero-order valence-corrected chi connectivity index (χ0v) is 20.7. The van der Waals surface area contributed by atoms with Gasteiger partial charge >= 0.3 is 5.97 Å². The van der Waals surface area contributed by atoms with Crippen LogP contribution in [0.25, 0.3) is 5.69 Å². The molecule has 4 aromatic rings. The van der Waals surface area contributed by atoms with Crippen LogP contribution in [0.5, 0.6) is 5.75 Å². The van der Waals surface area contributed by atoms with Gasteiger partial charge in [-0.2, -0.15) is 5.10 Å². The Bertz CT molecular complexity index is 1260. The SMILES string of the molecule is Cc1nn(-c2ccc(Cl)cc2)cc1CN(Cc1ccc(OC(C)(C)C(=O)O)cc1)Cc1ccco1. The van der Waals surface area contributed by atoms with Gasteiger partial charge in [-0.15, -0.1) is 0 Å². The summed E-state index contributed by atoms with van der Waals surface area (Å²) < 4.78 is 13.1. The number of rotatable bonds is 10. The van der Waals surface area contributed by atoms with Crippen LogP contribution in [0.1, 0.15) is 36.4 Å². The fourth-order valence-electron chi connectivity index (χ4n) is 3.67. The van der Waals surface area contributed by atoms with Crippen LogP contribution in [0.2, 0.25) is 5.02 Å². The van der Waals surface area contributed by atoms with Gasteiger partial charge in [0.2, 0.25) is 0 Å². The molecule has 0 aliphatic rings. The molecule has 0 aliphatic carbocycles. The largest absolute Gasteiger partial charge is 0.478 e. The minimum absolute atomic E-state index is 0.513. The van der Waals surface area contributed by atoms with Crippen molar-refractivity contribution in [1.82, 2.24) is 14.7 Å². The number of aliphatic carboxylic acids is 1. The predicted molar refractivity (Wildman–Crippen MR) is 134 cm³/mol. The lowest BCUT2D eigenvalue weighted by Gasteiger charge is -2.23. The van der Waals surface area contributed by atoms with Crippen molar-refractivity contribution in [3.05, 3.63) is 101 Å². The standard InChI is InChI=1S/C27H28ClN3O4/c1-19-21(17-31(29-19)23-10-8-22(28)9-11-23)16-30(18-25-5-4-14-34-25)15-20-6-12-24(13-7-20)35-27(2,3)26(32)33/h4-14,17H,15-16,18H2,1-3H3,(H,32,33). The summed E-state index contributed by atoms with van der Waals surface area (Å²) in [5, 5.41) is 14.7. The van der Waals surface area contributed by atoms with Crippen molar-refractivity contribution in [3.63, 3.8) is 0 Å². The third-order valence-electron chi connectivity index (χ3n) is 5.66. The van der Waals surface area contributed by atoms with Gasteiger partial charge in [-0.1, -0.05) is 23.7 Å². The van der Waals surface area contributed by atoms with E-state index in [0.29, 0.717) is 30.4 Å². The van der Waals surface area contributed by atoms with Gasteiger partial charge < -0.3 is 14.3 Å². The second kappa shape index (κ2) is 10.4. The summed E-state index contributed by atoms with van der Waals surface area (Å²) in [5.74, 6) is 0.371. The maximum Gasteiger partial charge on any atom is 0.347 e. The van der Waals surface area contributed by atoms with Gasteiger partial charge in [0.05, 0.1) is 24.2 Å². The monoisotopic (exact) mass is 493 g/mol. The maximum absolute atomic E-state index is 11.3. The molecule has 2 aromatic heterocycles. The Labute approximate surface area is 209 Å². The first kappa shape index (κ1) is 24.6. The normalized spacial score (nSPS) is 11.7. The molecule has 1 N–H and O–H groups in total. The zero-order valence-electron chi connectivity index (χ0n) is 19.9. The average molecular weight is 494 g/mol. The zero-order chi connectivity index (χ0) is 25.0. The van der Waals surface area contributed by atoms with Crippen molar-refractivity contribution in [3.8, 4) is 11.4 Å². The fourth-order valence-corrected chi connectivity index (χ4v) is 3.79. The summed E-state index contributed by atoms with van der Waals surface area (Å²) in [7, 11) is 0. The first-order valence-electron chi connectivity index (χ1n) is 11.3. The number of furan rings is 1. The minimum atomic E-state index is -1.30. The van der Waals surface area contributed by atoms with Crippen LogP contribution in [0, 0.1) is 6.92 Å². The van der Waals surface area contributed by atoms with Crippen LogP contribution in [-0.2, 0) is 24.4 Å². The van der Waals surface area contributed by atoms with Gasteiger partial charge in [0, 0.05) is 29.9 Å². The van der Waals surface area contributed by atoms with E-state index in [-0.39, 0.29) is 0 Å². The van der Waals surface area contributed by atoms with Gasteiger partial charge in [0.25, 0.3) is 0 Å². The topological polar surface area (TPSA) is 80.7 Å². The molecule has 0 spiro atoms. The number of nitrogens with zero attached hydrogens (tertiary/aromatic N) is 3. The molecule has 0 saturated carbocycles. The van der Waals surface area contributed by atoms with E-state index < -0.39 is 11.6 Å². The second-order valence-corrected chi connectivity index (χ2v) is 9.38. The van der Waals surface area contributed by atoms with Crippen LogP contribution in [0.15, 0.2) is 77.5 Å². The summed E-state index contributed by atoms with van der Waals surface area (Å²) in [4.78, 5) is 13.6. The lowest BCUT2D eigenvalue weighted by Crippen LogP contribution is -2.37. The van der Waals surface area contributed by atoms with Gasteiger partial charge in [-0.3, -0.25) is 4.90 Å². The first-order chi connectivity index (χ1) is 16.7. The Hall–Kier alpha value is -3.55. The van der Waals surface area contributed by atoms with Crippen LogP contribution >= 0.6 is 11.6 Å². The third kappa shape index (κ3) is 6.32. The molecule has 0 aliphatic heterocycles. The molecule has 7 nitrogen and oxygen atoms in total. The summed E-state index contributed by atoms with van der Waals surface area (Å²) in [6, 6.07) is 18.9. The number of benzene rings is 2. The molecule has 182 valence electrons. The molecule has 2 heterocycles. The number of aromatic nitrogens is 2. The molecule has 0 atom stereocenters. The fraction of sp³-hybridized carbons (Fsp3) is 0.259. The lowest BCUT2D eigenvalue weighted by molar-refractivity contribution is -0.152. The molecule has 0 fully saturated rings. The summed E-state index contributed by atoms with van der Waals surface area (Å²) in [5.41, 5.74) is 2.77. The van der Waals surface area contributed by atoms with Crippen molar-refractivity contribution in [2.75, 3.05) is 0 Å². The van der Waals surface area contributed by atoms with Crippen LogP contribution in [0.3, 0.4) is 0 Å². The Morgan fingerprint density at radius 3 is 2.43 bits per heavy atom. The molecular weight excluding hydrogens is 466 g/mol. The number of carboxylic acids is 1. The predicted octanol–water partition coefficient (Wildman–Crippen LogP) is 5.87. The van der Waals surface area contributed by atoms with E-state index in [0.717, 1.165) is 28.3 Å². The maximum atomic E-state index is 11.3. The smallest absolute Gasteiger partial charge is 0.347 e. The number of aryl methyl sites for hydroxylation is 1. The van der Waals surface area contributed by atoms with Crippen molar-refractivity contribution >= 4 is 17.6 Å². The number of carbonyl (C=O) groups is 1. The molecule has 0 amide bonds. The number of carboxylic acid groups (broad SMARTS) is 1. The molecule has 4 rings (SSSR count). The van der Waals surface area contributed by atoms with E-state index in [1.165, 1.54) is 13.8 Å². The highest BCUT2D eigenvalue weighted by atomic mass is 35.5. The van der Waals surface area contributed by atoms with Crippen molar-refractivity contribution < 1.29 is 19.1 Å². The van der Waals surface area contributed by atoms with Gasteiger partial charge in [0.15, 0.2) is 5.60 Å². The van der Waals surface area contributed by atoms with Crippen molar-refractivity contribution in [2.24, 2.45) is 0 Å². The van der Waals surface area contributed by atoms with Gasteiger partial charge in [0.1, 0.15) is 11.5 Å². The molecule has 35 heavy (non-hydrogen) atoms. The van der Waals surface area contributed by atoms with Crippen molar-refractivity contribution in [1.29, 1.82) is 0 Å². The summed E-state index contributed by atoms with van der Waals surface area (Å²) >= 11 is 6.03. The van der Waals surface area contributed by atoms with E-state index in [4.69, 9.17) is 20.8 Å². The minimum Gasteiger partial charge on any atom is -0.478 e. The molecule has 0 bridgehead atoms. The molecule has 0 unspecified atom stereocenters. The quantitative estimate of drug-likeness (QED) is 0.297. The highest BCUT2D eigenvalue weighted by molar-refractivity contribution is 6.30. The molecular formula is C27H28ClN3O4. The molecule has 8 heteroatoms. The Morgan fingerprint density at radius 2 is 1.80 bits per heavy atom. The number of hydrogen-bond acceptors (Lipinski definition) is 5. The molecule has 0 saturated heterocycles. The van der Waals surface area contributed by atoms with Crippen molar-refractivity contribution in [2.45, 2.75) is 46.0 Å². The first-order valence-corrected chi connectivity index (χ1v) is 11.6. The third-order valence-corrected chi connectivity index (χ3v) is 5.91. The Balaban J connectivity index is 1.51. The van der Waals surface area contributed by atoms with E-state index in [2.05, 4.69) is 10.00 Å². The van der Waals surface area contributed by atoms with Crippen LogP contribution in [0.4, 0.5) is 0 Å². The van der Waals surface area contributed by atoms with Gasteiger partial charge in [-0.25, -0.2) is 9.48 Å².